The molecule has 3 rings (SSSR count). The molecule has 0 saturated heterocycles. The van der Waals surface area contributed by atoms with E-state index >= 15 is 0 Å². The minimum atomic E-state index is -1.71. The first-order chi connectivity index (χ1) is 12.5. The first-order valence-corrected chi connectivity index (χ1v) is 7.85. The number of carbonyl (C=O) groups is 2. The Balaban J connectivity index is 2.23. The Hall–Kier alpha value is -3.31. The maximum atomic E-state index is 13.0. The number of benzene rings is 1. The molecule has 0 saturated carbocycles. The summed E-state index contributed by atoms with van der Waals surface area (Å²) < 4.78 is 15.5. The zero-order valence-electron chi connectivity index (χ0n) is 14.3. The van der Waals surface area contributed by atoms with Gasteiger partial charge in [-0.3, -0.25) is 4.79 Å². The molecule has 1 spiro atoms. The van der Waals surface area contributed by atoms with Crippen LogP contribution in [0.1, 0.15) is 12.5 Å². The normalized spacial score (nSPS) is 21.2. The van der Waals surface area contributed by atoms with Crippen LogP contribution in [0.2, 0.25) is 0 Å². The molecule has 26 heavy (non-hydrogen) atoms. The number of nitrogens with one attached hydrogen (secondary N) is 1. The van der Waals surface area contributed by atoms with E-state index in [-0.39, 0.29) is 36.0 Å². The number of anilines is 1. The molecule has 0 radical (unpaired) electrons. The third-order valence-electron chi connectivity index (χ3n) is 4.37. The molecule has 8 heteroatoms. The number of hydrogen-bond acceptors (Lipinski definition) is 7. The summed E-state index contributed by atoms with van der Waals surface area (Å²) >= 11 is 0. The molecule has 0 aromatic heterocycles. The third kappa shape index (κ3) is 2.33. The Morgan fingerprint density at radius 3 is 2.81 bits per heavy atom. The molecule has 2 heterocycles. The van der Waals surface area contributed by atoms with Crippen molar-refractivity contribution in [3.63, 3.8) is 0 Å². The van der Waals surface area contributed by atoms with Crippen molar-refractivity contribution in [2.75, 3.05) is 25.6 Å². The average molecular weight is 355 g/mol. The number of rotatable bonds is 4. The first-order valence-electron chi connectivity index (χ1n) is 7.85. The second-order valence-electron chi connectivity index (χ2n) is 5.76. The summed E-state index contributed by atoms with van der Waals surface area (Å²) in [4.78, 5) is 25.8. The largest absolute Gasteiger partial charge is 0.460 e. The van der Waals surface area contributed by atoms with Crippen molar-refractivity contribution in [3.05, 3.63) is 52.6 Å². The molecule has 8 nitrogen and oxygen atoms in total. The van der Waals surface area contributed by atoms with Gasteiger partial charge in [-0.25, -0.2) is 4.79 Å². The number of allylic oxidation sites excluding steroid dienone is 1. The fraction of sp³-hybridized carbons (Fsp3) is 0.278. The van der Waals surface area contributed by atoms with E-state index in [1.54, 1.807) is 24.3 Å². The highest BCUT2D eigenvalue weighted by atomic mass is 16.6. The molecular weight excluding hydrogens is 338 g/mol. The van der Waals surface area contributed by atoms with Crippen LogP contribution in [-0.2, 0) is 29.2 Å². The summed E-state index contributed by atoms with van der Waals surface area (Å²) in [7, 11) is 1.47. The van der Waals surface area contributed by atoms with E-state index in [1.807, 2.05) is 6.07 Å². The maximum Gasteiger partial charge on any atom is 0.339 e. The molecule has 1 atom stereocenters. The van der Waals surface area contributed by atoms with Crippen molar-refractivity contribution >= 4 is 17.6 Å². The molecule has 134 valence electrons. The van der Waals surface area contributed by atoms with Crippen molar-refractivity contribution in [2.24, 2.45) is 5.73 Å². The van der Waals surface area contributed by atoms with Crippen LogP contribution in [0.15, 0.2) is 47.1 Å². The predicted molar refractivity (Wildman–Crippen MR) is 90.2 cm³/mol. The number of nitrogens with two attached hydrogens (primary N) is 1. The van der Waals surface area contributed by atoms with Crippen LogP contribution < -0.4 is 11.1 Å². The van der Waals surface area contributed by atoms with Crippen molar-refractivity contribution < 1.29 is 23.8 Å². The van der Waals surface area contributed by atoms with E-state index in [9.17, 15) is 14.9 Å². The number of amides is 1. The monoisotopic (exact) mass is 355 g/mol. The van der Waals surface area contributed by atoms with Crippen molar-refractivity contribution in [2.45, 2.75) is 12.3 Å². The highest BCUT2D eigenvalue weighted by Gasteiger charge is 2.59. The molecule has 0 bridgehead atoms. The number of para-hydroxylation sites is 1. The molecule has 2 aliphatic heterocycles. The molecule has 1 unspecified atom stereocenters. The Kier molecular flexibility index (Phi) is 4.40. The van der Waals surface area contributed by atoms with E-state index in [2.05, 4.69) is 5.32 Å². The maximum absolute atomic E-state index is 13.0. The molecule has 1 amide bonds. The van der Waals surface area contributed by atoms with E-state index in [0.29, 0.717) is 11.3 Å². The zero-order chi connectivity index (χ0) is 18.9. The summed E-state index contributed by atoms with van der Waals surface area (Å²) in [5.41, 5.74) is 4.91. The van der Waals surface area contributed by atoms with Gasteiger partial charge in [-0.2, -0.15) is 5.26 Å². The van der Waals surface area contributed by atoms with Gasteiger partial charge in [0.15, 0.2) is 5.41 Å². The van der Waals surface area contributed by atoms with E-state index in [4.69, 9.17) is 19.9 Å². The number of methoxy groups -OCH3 is 1. The number of nitrogens with zero attached hydrogens (tertiary/aromatic N) is 1. The van der Waals surface area contributed by atoms with Crippen LogP contribution in [0.3, 0.4) is 0 Å². The smallest absolute Gasteiger partial charge is 0.339 e. The molecule has 0 aliphatic carbocycles. The second kappa shape index (κ2) is 6.54. The standard InChI is InChI=1S/C18H17N3O5/c1-10-14(16(22)25-8-7-24-2)18(12(9-19)15(20)26-10)11-5-3-4-6-13(11)21-17(18)23/h3-6H,7-8,20H2,1-2H3,(H,21,23). The van der Waals surface area contributed by atoms with Gasteiger partial charge in [0, 0.05) is 18.4 Å². The molecule has 1 aromatic rings. The third-order valence-corrected chi connectivity index (χ3v) is 4.37. The van der Waals surface area contributed by atoms with Crippen LogP contribution >= 0.6 is 0 Å². The number of esters is 1. The van der Waals surface area contributed by atoms with Crippen LogP contribution in [-0.4, -0.2) is 32.2 Å². The van der Waals surface area contributed by atoms with E-state index < -0.39 is 17.3 Å². The summed E-state index contributed by atoms with van der Waals surface area (Å²) in [5.74, 6) is -1.44. The van der Waals surface area contributed by atoms with Crippen LogP contribution in [0.25, 0.3) is 0 Å². The Bertz CT molecular complexity index is 896. The first kappa shape index (κ1) is 17.5. The van der Waals surface area contributed by atoms with Crippen molar-refractivity contribution in [3.8, 4) is 6.07 Å². The van der Waals surface area contributed by atoms with Gasteiger partial charge in [-0.1, -0.05) is 18.2 Å². The lowest BCUT2D eigenvalue weighted by Gasteiger charge is -2.33. The summed E-state index contributed by atoms with van der Waals surface area (Å²) in [5, 5.41) is 12.4. The molecule has 2 aliphatic rings. The lowest BCUT2D eigenvalue weighted by atomic mass is 9.68. The molecular formula is C18H17N3O5. The van der Waals surface area contributed by atoms with Crippen molar-refractivity contribution in [1.82, 2.24) is 0 Å². The molecule has 0 fully saturated rings. The SMILES string of the molecule is COCCOC(=O)C1=C(C)OC(N)=C(C#N)C12C(=O)Nc1ccccc12. The van der Waals surface area contributed by atoms with Gasteiger partial charge in [0.1, 0.15) is 29.6 Å². The van der Waals surface area contributed by atoms with Crippen LogP contribution in [0, 0.1) is 11.3 Å². The lowest BCUT2D eigenvalue weighted by molar-refractivity contribution is -0.142. The lowest BCUT2D eigenvalue weighted by Crippen LogP contribution is -2.45. The number of hydrogen-bond donors (Lipinski definition) is 2. The van der Waals surface area contributed by atoms with Crippen LogP contribution in [0.5, 0.6) is 0 Å². The van der Waals surface area contributed by atoms with E-state index in [1.165, 1.54) is 14.0 Å². The quantitative estimate of drug-likeness (QED) is 0.611. The predicted octanol–water partition coefficient (Wildman–Crippen LogP) is 1.06. The van der Waals surface area contributed by atoms with E-state index in [0.717, 1.165) is 0 Å². The number of ether oxygens (including phenoxy) is 3. The highest BCUT2D eigenvalue weighted by Crippen LogP contribution is 2.51. The van der Waals surface area contributed by atoms with Crippen LogP contribution in [0.4, 0.5) is 5.69 Å². The topological polar surface area (TPSA) is 124 Å². The van der Waals surface area contributed by atoms with Gasteiger partial charge in [0.2, 0.25) is 11.8 Å². The summed E-state index contributed by atoms with van der Waals surface area (Å²) in [6.45, 7) is 1.69. The molecule has 1 aromatic carbocycles. The van der Waals surface area contributed by atoms with Crippen molar-refractivity contribution in [1.29, 1.82) is 5.26 Å². The van der Waals surface area contributed by atoms with Gasteiger partial charge in [-0.15, -0.1) is 0 Å². The Morgan fingerprint density at radius 2 is 2.12 bits per heavy atom. The Morgan fingerprint density at radius 1 is 1.38 bits per heavy atom. The fourth-order valence-electron chi connectivity index (χ4n) is 3.32. The zero-order valence-corrected chi connectivity index (χ0v) is 14.3. The number of fused-ring (bicyclic) bond motifs is 2. The average Bonchev–Trinajstić information content (AvgIpc) is 2.88. The highest BCUT2D eigenvalue weighted by molar-refractivity contribution is 6.17. The van der Waals surface area contributed by atoms with Gasteiger partial charge >= 0.3 is 5.97 Å². The molecule has 3 N–H and O–H groups in total. The van der Waals surface area contributed by atoms with Gasteiger partial charge in [-0.05, 0) is 13.0 Å². The Labute approximate surface area is 149 Å². The minimum Gasteiger partial charge on any atom is -0.460 e. The van der Waals surface area contributed by atoms with Gasteiger partial charge in [0.05, 0.1) is 6.61 Å². The number of carbonyl (C=O) groups excluding carboxylic acids is 2. The van der Waals surface area contributed by atoms with Gasteiger partial charge in [0.25, 0.3) is 0 Å². The number of nitriles is 1. The minimum absolute atomic E-state index is 0.00740. The fourth-order valence-corrected chi connectivity index (χ4v) is 3.32. The summed E-state index contributed by atoms with van der Waals surface area (Å²) in [6, 6.07) is 8.74. The van der Waals surface area contributed by atoms with Gasteiger partial charge < -0.3 is 25.3 Å². The second-order valence-corrected chi connectivity index (χ2v) is 5.76. The summed E-state index contributed by atoms with van der Waals surface area (Å²) in [6.07, 6.45) is 0.